The molecule has 0 amide bonds. The third-order valence-corrected chi connectivity index (χ3v) is 3.17. The van der Waals surface area contributed by atoms with Gasteiger partial charge in [-0.1, -0.05) is 12.1 Å². The molecule has 88 valence electrons. The Morgan fingerprint density at radius 1 is 1.25 bits per heavy atom. The monoisotopic (exact) mass is 222 g/mol. The smallest absolute Gasteiger partial charge is 0.163 e. The van der Waals surface area contributed by atoms with Gasteiger partial charge in [0.2, 0.25) is 0 Å². The molecule has 0 radical (unpaired) electrons. The maximum atomic E-state index is 9.81. The second-order valence-corrected chi connectivity index (χ2v) is 4.38. The molecule has 1 aromatic carbocycles. The van der Waals surface area contributed by atoms with E-state index in [1.807, 2.05) is 18.2 Å². The average molecular weight is 222 g/mol. The number of methoxy groups -OCH3 is 2. The molecule has 1 N–H and O–H groups in total. The van der Waals surface area contributed by atoms with Gasteiger partial charge in [-0.2, -0.15) is 0 Å². The van der Waals surface area contributed by atoms with Crippen molar-refractivity contribution in [3.63, 3.8) is 0 Å². The first kappa shape index (κ1) is 11.3. The van der Waals surface area contributed by atoms with Crippen LogP contribution in [0.4, 0.5) is 0 Å². The predicted molar refractivity (Wildman–Crippen MR) is 62.1 cm³/mol. The molecule has 1 aliphatic rings. The van der Waals surface area contributed by atoms with E-state index < -0.39 is 5.60 Å². The van der Waals surface area contributed by atoms with Crippen molar-refractivity contribution in [2.45, 2.75) is 31.3 Å². The summed E-state index contributed by atoms with van der Waals surface area (Å²) in [7, 11) is 3.28. The van der Waals surface area contributed by atoms with Crippen molar-refractivity contribution < 1.29 is 14.6 Å². The number of para-hydroxylation sites is 1. The fraction of sp³-hybridized carbons (Fsp3) is 0.538. The number of ether oxygens (including phenoxy) is 2. The summed E-state index contributed by atoms with van der Waals surface area (Å²) in [6, 6.07) is 5.86. The van der Waals surface area contributed by atoms with Crippen molar-refractivity contribution in [3.05, 3.63) is 23.8 Å². The van der Waals surface area contributed by atoms with Crippen molar-refractivity contribution in [2.24, 2.45) is 0 Å². The van der Waals surface area contributed by atoms with E-state index in [1.54, 1.807) is 14.2 Å². The molecule has 1 saturated carbocycles. The molecule has 0 aliphatic heterocycles. The topological polar surface area (TPSA) is 38.7 Å². The lowest BCUT2D eigenvalue weighted by Gasteiger charge is -2.13. The normalized spacial score (nSPS) is 16.9. The van der Waals surface area contributed by atoms with Gasteiger partial charge in [0.15, 0.2) is 11.5 Å². The Hall–Kier alpha value is -1.22. The lowest BCUT2D eigenvalue weighted by Crippen LogP contribution is -2.08. The molecule has 0 spiro atoms. The van der Waals surface area contributed by atoms with Gasteiger partial charge in [0.25, 0.3) is 0 Å². The highest BCUT2D eigenvalue weighted by molar-refractivity contribution is 5.46. The molecule has 0 unspecified atom stereocenters. The summed E-state index contributed by atoms with van der Waals surface area (Å²) < 4.78 is 10.6. The Balaban J connectivity index is 2.12. The van der Waals surface area contributed by atoms with Crippen LogP contribution in [0.3, 0.4) is 0 Å². The van der Waals surface area contributed by atoms with Crippen LogP contribution in [0.15, 0.2) is 18.2 Å². The number of rotatable bonds is 5. The average Bonchev–Trinajstić information content (AvgIpc) is 3.04. The summed E-state index contributed by atoms with van der Waals surface area (Å²) in [4.78, 5) is 0. The van der Waals surface area contributed by atoms with Gasteiger partial charge in [0, 0.05) is 0 Å². The Bertz CT molecular complexity index is 369. The number of hydrogen-bond acceptors (Lipinski definition) is 3. The van der Waals surface area contributed by atoms with Crippen LogP contribution in [-0.4, -0.2) is 24.9 Å². The van der Waals surface area contributed by atoms with Crippen LogP contribution in [0.2, 0.25) is 0 Å². The zero-order valence-electron chi connectivity index (χ0n) is 9.82. The number of aliphatic hydroxyl groups is 1. The maximum Gasteiger partial charge on any atom is 0.163 e. The molecule has 0 atom stereocenters. The molecule has 0 bridgehead atoms. The van der Waals surface area contributed by atoms with Crippen LogP contribution >= 0.6 is 0 Å². The van der Waals surface area contributed by atoms with E-state index in [9.17, 15) is 5.11 Å². The Labute approximate surface area is 96.0 Å². The van der Waals surface area contributed by atoms with Crippen LogP contribution in [0.5, 0.6) is 11.5 Å². The van der Waals surface area contributed by atoms with Gasteiger partial charge in [0.1, 0.15) is 0 Å². The van der Waals surface area contributed by atoms with E-state index in [-0.39, 0.29) is 0 Å². The number of benzene rings is 1. The Morgan fingerprint density at radius 2 is 2.00 bits per heavy atom. The second kappa shape index (κ2) is 4.34. The molecule has 1 aliphatic carbocycles. The molecule has 1 aromatic rings. The Morgan fingerprint density at radius 3 is 2.56 bits per heavy atom. The molecule has 1 fully saturated rings. The molecular formula is C13H18O3. The summed E-state index contributed by atoms with van der Waals surface area (Å²) in [6.07, 6.45) is 3.49. The van der Waals surface area contributed by atoms with Crippen molar-refractivity contribution in [1.29, 1.82) is 0 Å². The van der Waals surface area contributed by atoms with E-state index in [0.717, 1.165) is 42.7 Å². The van der Waals surface area contributed by atoms with Gasteiger partial charge in [-0.15, -0.1) is 0 Å². The third kappa shape index (κ3) is 2.30. The summed E-state index contributed by atoms with van der Waals surface area (Å²) in [5.74, 6) is 1.54. The van der Waals surface area contributed by atoms with Crippen LogP contribution in [0.1, 0.15) is 24.8 Å². The first-order chi connectivity index (χ1) is 7.68. The van der Waals surface area contributed by atoms with Gasteiger partial charge in [-0.3, -0.25) is 0 Å². The fourth-order valence-electron chi connectivity index (χ4n) is 1.91. The zero-order valence-corrected chi connectivity index (χ0v) is 9.82. The SMILES string of the molecule is COc1cccc(CCC2(O)CC2)c1OC. The predicted octanol–water partition coefficient (Wildman–Crippen LogP) is 2.16. The highest BCUT2D eigenvalue weighted by atomic mass is 16.5. The first-order valence-corrected chi connectivity index (χ1v) is 5.61. The molecule has 0 aromatic heterocycles. The Kier molecular flexibility index (Phi) is 3.06. The molecule has 2 rings (SSSR count). The molecule has 16 heavy (non-hydrogen) atoms. The summed E-state index contributed by atoms with van der Waals surface area (Å²) in [5, 5.41) is 9.81. The van der Waals surface area contributed by atoms with E-state index in [2.05, 4.69) is 0 Å². The summed E-state index contributed by atoms with van der Waals surface area (Å²) in [6.45, 7) is 0. The third-order valence-electron chi connectivity index (χ3n) is 3.17. The maximum absolute atomic E-state index is 9.81. The molecule has 3 nitrogen and oxygen atoms in total. The van der Waals surface area contributed by atoms with Crippen LogP contribution in [-0.2, 0) is 6.42 Å². The van der Waals surface area contributed by atoms with Gasteiger partial charge in [-0.25, -0.2) is 0 Å². The fourth-order valence-corrected chi connectivity index (χ4v) is 1.91. The molecule has 0 saturated heterocycles. The standard InChI is InChI=1S/C13H18O3/c1-15-11-5-3-4-10(12(11)16-2)6-7-13(14)8-9-13/h3-5,14H,6-9H2,1-2H3. The highest BCUT2D eigenvalue weighted by Gasteiger charge is 2.39. The minimum Gasteiger partial charge on any atom is -0.493 e. The van der Waals surface area contributed by atoms with Gasteiger partial charge < -0.3 is 14.6 Å². The van der Waals surface area contributed by atoms with Crippen molar-refractivity contribution in [1.82, 2.24) is 0 Å². The first-order valence-electron chi connectivity index (χ1n) is 5.61. The highest BCUT2D eigenvalue weighted by Crippen LogP contribution is 2.40. The van der Waals surface area contributed by atoms with Crippen molar-refractivity contribution >= 4 is 0 Å². The van der Waals surface area contributed by atoms with Crippen LogP contribution < -0.4 is 9.47 Å². The zero-order chi connectivity index (χ0) is 11.6. The second-order valence-electron chi connectivity index (χ2n) is 4.38. The number of aryl methyl sites for hydroxylation is 1. The van der Waals surface area contributed by atoms with Gasteiger partial charge in [0.05, 0.1) is 19.8 Å². The minimum atomic E-state index is -0.409. The molecular weight excluding hydrogens is 204 g/mol. The van der Waals surface area contributed by atoms with Crippen molar-refractivity contribution in [3.8, 4) is 11.5 Å². The quantitative estimate of drug-likeness (QED) is 0.829. The van der Waals surface area contributed by atoms with Crippen molar-refractivity contribution in [2.75, 3.05) is 14.2 Å². The van der Waals surface area contributed by atoms with E-state index in [1.165, 1.54) is 0 Å². The van der Waals surface area contributed by atoms with Crippen LogP contribution in [0.25, 0.3) is 0 Å². The van der Waals surface area contributed by atoms with E-state index in [0.29, 0.717) is 0 Å². The van der Waals surface area contributed by atoms with Gasteiger partial charge in [-0.05, 0) is 37.3 Å². The van der Waals surface area contributed by atoms with E-state index >= 15 is 0 Å². The largest absolute Gasteiger partial charge is 0.493 e. The van der Waals surface area contributed by atoms with Crippen LogP contribution in [0, 0.1) is 0 Å². The summed E-state index contributed by atoms with van der Waals surface area (Å²) in [5.41, 5.74) is 0.691. The van der Waals surface area contributed by atoms with Gasteiger partial charge >= 0.3 is 0 Å². The van der Waals surface area contributed by atoms with E-state index in [4.69, 9.17) is 9.47 Å². The summed E-state index contributed by atoms with van der Waals surface area (Å²) >= 11 is 0. The molecule has 0 heterocycles. The number of hydrogen-bond donors (Lipinski definition) is 1. The molecule has 3 heteroatoms. The lowest BCUT2D eigenvalue weighted by atomic mass is 10.0. The lowest BCUT2D eigenvalue weighted by molar-refractivity contribution is 0.140. The minimum absolute atomic E-state index is 0.409.